The maximum Gasteiger partial charge on any atom is 0.213 e. The fraction of sp³-hybridized carbons (Fsp3) is 0.176. The molecule has 0 amide bonds. The van der Waals surface area contributed by atoms with Crippen LogP contribution in [0.5, 0.6) is 5.88 Å². The van der Waals surface area contributed by atoms with Crippen LogP contribution < -0.4 is 4.74 Å². The molecular formula is C17H13ClF2N2O. The van der Waals surface area contributed by atoms with Crippen molar-refractivity contribution >= 4 is 22.5 Å². The number of rotatable bonds is 3. The zero-order chi connectivity index (χ0) is 16.6. The summed E-state index contributed by atoms with van der Waals surface area (Å²) in [7, 11) is 0. The minimum absolute atomic E-state index is 0.119. The molecule has 3 rings (SSSR count). The van der Waals surface area contributed by atoms with Gasteiger partial charge in [0.15, 0.2) is 0 Å². The van der Waals surface area contributed by atoms with Gasteiger partial charge in [-0.1, -0.05) is 11.6 Å². The minimum Gasteiger partial charge on any atom is -0.478 e. The van der Waals surface area contributed by atoms with E-state index >= 15 is 0 Å². The van der Waals surface area contributed by atoms with Crippen molar-refractivity contribution in [2.75, 3.05) is 6.61 Å². The highest BCUT2D eigenvalue weighted by Crippen LogP contribution is 2.34. The first-order chi connectivity index (χ1) is 11.0. The van der Waals surface area contributed by atoms with Crippen molar-refractivity contribution in [1.29, 1.82) is 0 Å². The molecule has 1 aromatic carbocycles. The van der Waals surface area contributed by atoms with Crippen LogP contribution in [0.1, 0.15) is 12.5 Å². The van der Waals surface area contributed by atoms with Gasteiger partial charge in [0.25, 0.3) is 0 Å². The van der Waals surface area contributed by atoms with Gasteiger partial charge >= 0.3 is 0 Å². The quantitative estimate of drug-likeness (QED) is 0.680. The topological polar surface area (TPSA) is 35.0 Å². The number of halogens is 3. The van der Waals surface area contributed by atoms with Crippen molar-refractivity contribution in [2.24, 2.45) is 0 Å². The minimum atomic E-state index is -0.725. The molecule has 23 heavy (non-hydrogen) atoms. The number of nitrogens with zero attached hydrogens (tertiary/aromatic N) is 2. The third-order valence-corrected chi connectivity index (χ3v) is 3.94. The van der Waals surface area contributed by atoms with Crippen molar-refractivity contribution in [2.45, 2.75) is 13.8 Å². The molecule has 0 fully saturated rings. The Balaban J connectivity index is 2.19. The SMILES string of the molecule is CCOc1ccc(-c2nc3cc(F)cc(F)c3c(Cl)c2C)cn1. The third kappa shape index (κ3) is 2.84. The van der Waals surface area contributed by atoms with Gasteiger partial charge in [0.2, 0.25) is 5.88 Å². The van der Waals surface area contributed by atoms with Gasteiger partial charge in [-0.25, -0.2) is 18.7 Å². The maximum atomic E-state index is 14.0. The zero-order valence-corrected chi connectivity index (χ0v) is 13.3. The van der Waals surface area contributed by atoms with Gasteiger partial charge < -0.3 is 4.74 Å². The van der Waals surface area contributed by atoms with Gasteiger partial charge in [0.05, 0.1) is 28.2 Å². The van der Waals surface area contributed by atoms with Gasteiger partial charge in [-0.15, -0.1) is 0 Å². The van der Waals surface area contributed by atoms with E-state index in [0.29, 0.717) is 29.3 Å². The lowest BCUT2D eigenvalue weighted by atomic mass is 10.0. The Morgan fingerprint density at radius 2 is 2.00 bits per heavy atom. The molecule has 2 aromatic heterocycles. The monoisotopic (exact) mass is 334 g/mol. The Kier molecular flexibility index (Phi) is 4.13. The summed E-state index contributed by atoms with van der Waals surface area (Å²) < 4.78 is 32.7. The second-order valence-electron chi connectivity index (χ2n) is 5.00. The van der Waals surface area contributed by atoms with E-state index in [4.69, 9.17) is 16.3 Å². The molecule has 3 aromatic rings. The lowest BCUT2D eigenvalue weighted by Gasteiger charge is -2.11. The summed E-state index contributed by atoms with van der Waals surface area (Å²) >= 11 is 6.27. The smallest absolute Gasteiger partial charge is 0.213 e. The highest BCUT2D eigenvalue weighted by molar-refractivity contribution is 6.36. The lowest BCUT2D eigenvalue weighted by molar-refractivity contribution is 0.327. The standard InChI is InChI=1S/C17H13ClF2N2O/c1-3-23-14-5-4-10(8-21-14)17-9(2)16(18)15-12(20)6-11(19)7-13(15)22-17/h4-8H,3H2,1-2H3. The number of hydrogen-bond donors (Lipinski definition) is 0. The van der Waals surface area contributed by atoms with E-state index in [1.165, 1.54) is 0 Å². The molecule has 0 saturated carbocycles. The van der Waals surface area contributed by atoms with E-state index in [1.54, 1.807) is 25.3 Å². The van der Waals surface area contributed by atoms with Gasteiger partial charge in [-0.3, -0.25) is 0 Å². The summed E-state index contributed by atoms with van der Waals surface area (Å²) in [5.41, 5.74) is 2.00. The third-order valence-electron chi connectivity index (χ3n) is 3.47. The van der Waals surface area contributed by atoms with Crippen LogP contribution in [0.3, 0.4) is 0 Å². The van der Waals surface area contributed by atoms with Crippen LogP contribution in [0.25, 0.3) is 22.2 Å². The lowest BCUT2D eigenvalue weighted by Crippen LogP contribution is -1.97. The predicted octanol–water partition coefficient (Wildman–Crippen LogP) is 4.94. The van der Waals surface area contributed by atoms with E-state index in [-0.39, 0.29) is 15.9 Å². The fourth-order valence-corrected chi connectivity index (χ4v) is 2.67. The van der Waals surface area contributed by atoms with Crippen LogP contribution in [0.2, 0.25) is 5.02 Å². The summed E-state index contributed by atoms with van der Waals surface area (Å²) in [6.07, 6.45) is 1.60. The molecule has 6 heteroatoms. The van der Waals surface area contributed by atoms with Crippen LogP contribution in [0, 0.1) is 18.6 Å². The highest BCUT2D eigenvalue weighted by atomic mass is 35.5. The number of hydrogen-bond acceptors (Lipinski definition) is 3. The average molecular weight is 335 g/mol. The van der Waals surface area contributed by atoms with E-state index < -0.39 is 11.6 Å². The molecule has 0 aliphatic carbocycles. The zero-order valence-electron chi connectivity index (χ0n) is 12.5. The Morgan fingerprint density at radius 1 is 1.22 bits per heavy atom. The number of ether oxygens (including phenoxy) is 1. The number of fused-ring (bicyclic) bond motifs is 1. The molecule has 0 aliphatic rings. The van der Waals surface area contributed by atoms with Gasteiger partial charge in [0, 0.05) is 30.0 Å². The van der Waals surface area contributed by atoms with Crippen LogP contribution in [0.15, 0.2) is 30.5 Å². The maximum absolute atomic E-state index is 14.0. The molecule has 118 valence electrons. The van der Waals surface area contributed by atoms with Crippen LogP contribution in [0.4, 0.5) is 8.78 Å². The van der Waals surface area contributed by atoms with Gasteiger partial charge in [-0.2, -0.15) is 0 Å². The summed E-state index contributed by atoms with van der Waals surface area (Å²) in [5.74, 6) is -0.923. The van der Waals surface area contributed by atoms with Gasteiger partial charge in [-0.05, 0) is 25.5 Å². The van der Waals surface area contributed by atoms with E-state index in [9.17, 15) is 8.78 Å². The van der Waals surface area contributed by atoms with Crippen LogP contribution >= 0.6 is 11.6 Å². The molecule has 0 spiro atoms. The van der Waals surface area contributed by atoms with E-state index in [2.05, 4.69) is 9.97 Å². The highest BCUT2D eigenvalue weighted by Gasteiger charge is 2.16. The van der Waals surface area contributed by atoms with Crippen molar-refractivity contribution in [3.8, 4) is 17.1 Å². The average Bonchev–Trinajstić information content (AvgIpc) is 2.51. The normalized spacial score (nSPS) is 11.0. The molecule has 0 saturated heterocycles. The first-order valence-corrected chi connectivity index (χ1v) is 7.43. The summed E-state index contributed by atoms with van der Waals surface area (Å²) in [4.78, 5) is 8.54. The Morgan fingerprint density at radius 3 is 2.65 bits per heavy atom. The predicted molar refractivity (Wildman–Crippen MR) is 85.8 cm³/mol. The molecule has 0 atom stereocenters. The molecule has 0 aliphatic heterocycles. The summed E-state index contributed by atoms with van der Waals surface area (Å²) in [6.45, 7) is 4.13. The first kappa shape index (κ1) is 15.6. The molecule has 0 bridgehead atoms. The van der Waals surface area contributed by atoms with Crippen LogP contribution in [-0.2, 0) is 0 Å². The molecule has 0 unspecified atom stereocenters. The van der Waals surface area contributed by atoms with E-state index in [0.717, 1.165) is 12.1 Å². The van der Waals surface area contributed by atoms with E-state index in [1.807, 2.05) is 6.92 Å². The van der Waals surface area contributed by atoms with Crippen molar-refractivity contribution in [3.63, 3.8) is 0 Å². The van der Waals surface area contributed by atoms with Crippen molar-refractivity contribution in [1.82, 2.24) is 9.97 Å². The molecule has 2 heterocycles. The Hall–Kier alpha value is -2.27. The van der Waals surface area contributed by atoms with Crippen molar-refractivity contribution < 1.29 is 13.5 Å². The summed E-state index contributed by atoms with van der Waals surface area (Å²) in [6, 6.07) is 5.46. The first-order valence-electron chi connectivity index (χ1n) is 7.05. The van der Waals surface area contributed by atoms with Crippen molar-refractivity contribution in [3.05, 3.63) is 52.7 Å². The largest absolute Gasteiger partial charge is 0.478 e. The second kappa shape index (κ2) is 6.08. The molecule has 3 nitrogen and oxygen atoms in total. The molecule has 0 N–H and O–H groups in total. The Bertz CT molecular complexity index is 882. The molecule has 0 radical (unpaired) electrons. The summed E-state index contributed by atoms with van der Waals surface area (Å²) in [5, 5.41) is 0.338. The molecular weight excluding hydrogens is 322 g/mol. The fourth-order valence-electron chi connectivity index (χ4n) is 2.40. The number of pyridine rings is 2. The second-order valence-corrected chi connectivity index (χ2v) is 5.38. The number of benzene rings is 1. The Labute approximate surface area is 136 Å². The number of aromatic nitrogens is 2. The van der Waals surface area contributed by atoms with Gasteiger partial charge in [0.1, 0.15) is 11.6 Å². The van der Waals surface area contributed by atoms with Crippen LogP contribution in [-0.4, -0.2) is 16.6 Å².